The van der Waals surface area contributed by atoms with Gasteiger partial charge in [0.2, 0.25) is 0 Å². The Morgan fingerprint density at radius 1 is 1.38 bits per heavy atom. The molecule has 0 atom stereocenters. The molecule has 0 bridgehead atoms. The first kappa shape index (κ1) is 9.71. The second-order valence-electron chi connectivity index (χ2n) is 2.75. The largest absolute Gasteiger partial charge is 0.493 e. The first-order valence-electron chi connectivity index (χ1n) is 4.06. The molecular weight excluding hydrogens is 171 g/mol. The zero-order valence-corrected chi connectivity index (χ0v) is 7.42. The van der Waals surface area contributed by atoms with Crippen molar-refractivity contribution in [1.82, 2.24) is 0 Å². The number of rotatable bonds is 4. The number of carbonyl (C=O) groups excluding carboxylic acids is 1. The third kappa shape index (κ3) is 3.69. The maximum absolute atomic E-state index is 12.4. The summed E-state index contributed by atoms with van der Waals surface area (Å²) >= 11 is 0. The van der Waals surface area contributed by atoms with E-state index >= 15 is 0 Å². The fourth-order valence-electron chi connectivity index (χ4n) is 0.843. The fourth-order valence-corrected chi connectivity index (χ4v) is 0.843. The molecule has 1 aromatic carbocycles. The molecule has 1 aromatic rings. The molecule has 0 aliphatic carbocycles. The average molecular weight is 182 g/mol. The van der Waals surface area contributed by atoms with Crippen LogP contribution in [0.1, 0.15) is 13.3 Å². The molecule has 0 aromatic heterocycles. The van der Waals surface area contributed by atoms with Crippen molar-refractivity contribution in [1.29, 1.82) is 0 Å². The first-order chi connectivity index (χ1) is 6.18. The second kappa shape index (κ2) is 4.60. The molecule has 0 radical (unpaired) electrons. The molecule has 0 saturated heterocycles. The number of hydrogen-bond donors (Lipinski definition) is 0. The summed E-state index contributed by atoms with van der Waals surface area (Å²) < 4.78 is 17.6. The van der Waals surface area contributed by atoms with Gasteiger partial charge in [0, 0.05) is 6.42 Å². The highest BCUT2D eigenvalue weighted by Gasteiger charge is 1.96. The van der Waals surface area contributed by atoms with Crippen LogP contribution in [0.3, 0.4) is 0 Å². The standard InChI is InChI=1S/C10H11FO2/c1-8(12)6-7-13-10-4-2-9(11)3-5-10/h2-5H,6-7H2,1H3. The summed E-state index contributed by atoms with van der Waals surface area (Å²) in [4.78, 5) is 10.5. The second-order valence-corrected chi connectivity index (χ2v) is 2.75. The van der Waals surface area contributed by atoms with Gasteiger partial charge in [0.25, 0.3) is 0 Å². The van der Waals surface area contributed by atoms with Crippen molar-refractivity contribution in [2.24, 2.45) is 0 Å². The summed E-state index contributed by atoms with van der Waals surface area (Å²) in [6, 6.07) is 5.72. The molecule has 0 spiro atoms. The monoisotopic (exact) mass is 182 g/mol. The SMILES string of the molecule is CC(=O)CCOc1ccc(F)cc1. The van der Waals surface area contributed by atoms with E-state index in [-0.39, 0.29) is 11.6 Å². The van der Waals surface area contributed by atoms with Crippen LogP contribution in [-0.4, -0.2) is 12.4 Å². The fraction of sp³-hybridized carbons (Fsp3) is 0.300. The number of hydrogen-bond acceptors (Lipinski definition) is 2. The van der Waals surface area contributed by atoms with Gasteiger partial charge < -0.3 is 4.74 Å². The van der Waals surface area contributed by atoms with Crippen LogP contribution >= 0.6 is 0 Å². The Labute approximate surface area is 76.3 Å². The van der Waals surface area contributed by atoms with Crippen molar-refractivity contribution >= 4 is 5.78 Å². The van der Waals surface area contributed by atoms with Gasteiger partial charge in [-0.25, -0.2) is 4.39 Å². The lowest BCUT2D eigenvalue weighted by atomic mass is 10.3. The van der Waals surface area contributed by atoms with Crippen LogP contribution in [0.5, 0.6) is 5.75 Å². The molecule has 0 N–H and O–H groups in total. The van der Waals surface area contributed by atoms with Crippen LogP contribution in [0.25, 0.3) is 0 Å². The summed E-state index contributed by atoms with van der Waals surface area (Å²) in [5, 5.41) is 0. The molecule has 0 unspecified atom stereocenters. The molecule has 3 heteroatoms. The smallest absolute Gasteiger partial charge is 0.133 e. The Hall–Kier alpha value is -1.38. The lowest BCUT2D eigenvalue weighted by Gasteiger charge is -2.03. The maximum atomic E-state index is 12.4. The highest BCUT2D eigenvalue weighted by atomic mass is 19.1. The summed E-state index contributed by atoms with van der Waals surface area (Å²) in [5.74, 6) is 0.378. The third-order valence-electron chi connectivity index (χ3n) is 1.54. The van der Waals surface area contributed by atoms with Crippen molar-refractivity contribution in [3.63, 3.8) is 0 Å². The molecule has 0 saturated carbocycles. The van der Waals surface area contributed by atoms with Gasteiger partial charge in [-0.15, -0.1) is 0 Å². The molecule has 70 valence electrons. The summed E-state index contributed by atoms with van der Waals surface area (Å²) in [6.07, 6.45) is 0.386. The van der Waals surface area contributed by atoms with Crippen LogP contribution in [0.15, 0.2) is 24.3 Å². The van der Waals surface area contributed by atoms with Crippen molar-refractivity contribution in [3.05, 3.63) is 30.1 Å². The van der Waals surface area contributed by atoms with Gasteiger partial charge in [0.05, 0.1) is 6.61 Å². The van der Waals surface area contributed by atoms with Crippen molar-refractivity contribution in [2.45, 2.75) is 13.3 Å². The highest BCUT2D eigenvalue weighted by Crippen LogP contribution is 2.10. The number of halogens is 1. The van der Waals surface area contributed by atoms with E-state index in [2.05, 4.69) is 0 Å². The topological polar surface area (TPSA) is 26.3 Å². The third-order valence-corrected chi connectivity index (χ3v) is 1.54. The Morgan fingerprint density at radius 2 is 2.00 bits per heavy atom. The van der Waals surface area contributed by atoms with Crippen molar-refractivity contribution in [2.75, 3.05) is 6.61 Å². The van der Waals surface area contributed by atoms with Gasteiger partial charge in [-0.05, 0) is 31.2 Å². The van der Waals surface area contributed by atoms with Crippen molar-refractivity contribution < 1.29 is 13.9 Å². The zero-order valence-electron chi connectivity index (χ0n) is 7.42. The summed E-state index contributed by atoms with van der Waals surface area (Å²) in [7, 11) is 0. The predicted molar refractivity (Wildman–Crippen MR) is 47.2 cm³/mol. The molecule has 0 heterocycles. The lowest BCUT2D eigenvalue weighted by molar-refractivity contribution is -0.117. The quantitative estimate of drug-likeness (QED) is 0.713. The maximum Gasteiger partial charge on any atom is 0.133 e. The van der Waals surface area contributed by atoms with E-state index in [9.17, 15) is 9.18 Å². The minimum absolute atomic E-state index is 0.0853. The number of carbonyl (C=O) groups is 1. The molecule has 1 rings (SSSR count). The van der Waals surface area contributed by atoms with E-state index in [4.69, 9.17) is 4.74 Å². The lowest BCUT2D eigenvalue weighted by Crippen LogP contribution is -2.02. The molecule has 0 amide bonds. The molecule has 2 nitrogen and oxygen atoms in total. The van der Waals surface area contributed by atoms with E-state index in [1.165, 1.54) is 31.2 Å². The van der Waals surface area contributed by atoms with Crippen LogP contribution in [0.2, 0.25) is 0 Å². The molecule has 0 aliphatic rings. The van der Waals surface area contributed by atoms with Gasteiger partial charge in [-0.2, -0.15) is 0 Å². The molecule has 0 aliphatic heterocycles. The van der Waals surface area contributed by atoms with E-state index in [1.54, 1.807) is 0 Å². The average Bonchev–Trinajstić information content (AvgIpc) is 2.08. The molecular formula is C10H11FO2. The zero-order chi connectivity index (χ0) is 9.68. The van der Waals surface area contributed by atoms with Crippen LogP contribution in [0.4, 0.5) is 4.39 Å². The predicted octanol–water partition coefficient (Wildman–Crippen LogP) is 2.18. The minimum atomic E-state index is -0.293. The van der Waals surface area contributed by atoms with E-state index in [0.717, 1.165) is 0 Å². The van der Waals surface area contributed by atoms with Gasteiger partial charge in [0.15, 0.2) is 0 Å². The summed E-state index contributed by atoms with van der Waals surface area (Å²) in [6.45, 7) is 1.86. The van der Waals surface area contributed by atoms with Crippen molar-refractivity contribution in [3.8, 4) is 5.75 Å². The Kier molecular flexibility index (Phi) is 3.43. The minimum Gasteiger partial charge on any atom is -0.493 e. The number of benzene rings is 1. The molecule has 0 fully saturated rings. The number of ether oxygens (including phenoxy) is 1. The van der Waals surface area contributed by atoms with Gasteiger partial charge in [-0.1, -0.05) is 0 Å². The Morgan fingerprint density at radius 3 is 2.54 bits per heavy atom. The van der Waals surface area contributed by atoms with Crippen LogP contribution in [-0.2, 0) is 4.79 Å². The van der Waals surface area contributed by atoms with E-state index < -0.39 is 0 Å². The number of Topliss-reactive ketones (excluding diaryl/α,β-unsaturated/α-hetero) is 1. The summed E-state index contributed by atoms with van der Waals surface area (Å²) in [5.41, 5.74) is 0. The van der Waals surface area contributed by atoms with E-state index in [0.29, 0.717) is 18.8 Å². The first-order valence-corrected chi connectivity index (χ1v) is 4.06. The highest BCUT2D eigenvalue weighted by molar-refractivity contribution is 5.75. The van der Waals surface area contributed by atoms with Gasteiger partial charge in [-0.3, -0.25) is 4.79 Å². The Bertz CT molecular complexity index is 279. The van der Waals surface area contributed by atoms with Crippen LogP contribution < -0.4 is 4.74 Å². The Balaban J connectivity index is 2.37. The van der Waals surface area contributed by atoms with Gasteiger partial charge >= 0.3 is 0 Å². The number of ketones is 1. The van der Waals surface area contributed by atoms with Gasteiger partial charge in [0.1, 0.15) is 17.3 Å². The molecule has 13 heavy (non-hydrogen) atoms. The van der Waals surface area contributed by atoms with Crippen LogP contribution in [0, 0.1) is 5.82 Å². The normalized spacial score (nSPS) is 9.69. The van der Waals surface area contributed by atoms with E-state index in [1.807, 2.05) is 0 Å².